The molecule has 8 nitrogen and oxygen atoms in total. The molecule has 10 heteroatoms. The van der Waals surface area contributed by atoms with E-state index in [-0.39, 0.29) is 23.8 Å². The first-order chi connectivity index (χ1) is 11.8. The average molecular weight is 385 g/mol. The van der Waals surface area contributed by atoms with Crippen molar-refractivity contribution >= 4 is 19.9 Å². The minimum atomic E-state index is -3.64. The zero-order valence-corrected chi connectivity index (χ0v) is 15.4. The molecule has 25 heavy (non-hydrogen) atoms. The van der Waals surface area contributed by atoms with Gasteiger partial charge in [-0.05, 0) is 48.9 Å². The minimum absolute atomic E-state index is 0.0326. The fourth-order valence-electron chi connectivity index (χ4n) is 2.74. The van der Waals surface area contributed by atoms with Gasteiger partial charge in [0.05, 0.1) is 4.90 Å². The first-order valence-corrected chi connectivity index (χ1v) is 11.3. The van der Waals surface area contributed by atoms with Gasteiger partial charge >= 0.3 is 5.22 Å². The molecule has 1 aliphatic rings. The lowest BCUT2D eigenvalue weighted by Crippen LogP contribution is -2.26. The molecule has 1 aromatic carbocycles. The topological polar surface area (TPSA) is 119 Å². The molecule has 2 aromatic rings. The Morgan fingerprint density at radius 2 is 1.80 bits per heavy atom. The second-order valence-corrected chi connectivity index (χ2v) is 9.68. The van der Waals surface area contributed by atoms with E-state index < -0.39 is 25.1 Å². The minimum Gasteiger partial charge on any atom is -0.412 e. The van der Waals surface area contributed by atoms with Crippen molar-refractivity contribution in [2.45, 2.75) is 42.2 Å². The predicted octanol–water partition coefficient (Wildman–Crippen LogP) is 0.873. The molecule has 0 unspecified atom stereocenters. The van der Waals surface area contributed by atoms with E-state index in [1.165, 1.54) is 5.56 Å². The fraction of sp³-hybridized carbons (Fsp3) is 0.467. The summed E-state index contributed by atoms with van der Waals surface area (Å²) in [5.74, 6) is 0.0635. The molecule has 0 atom stereocenters. The van der Waals surface area contributed by atoms with Crippen LogP contribution in [-0.2, 0) is 39.1 Å². The van der Waals surface area contributed by atoms with Crippen LogP contribution in [0.4, 0.5) is 0 Å². The molecule has 0 saturated carbocycles. The number of aryl methyl sites for hydroxylation is 2. The van der Waals surface area contributed by atoms with Crippen LogP contribution in [0.1, 0.15) is 29.9 Å². The van der Waals surface area contributed by atoms with E-state index >= 15 is 0 Å². The van der Waals surface area contributed by atoms with E-state index in [1.54, 1.807) is 12.1 Å². The van der Waals surface area contributed by atoms with Gasteiger partial charge in [0.2, 0.25) is 25.8 Å². The summed E-state index contributed by atoms with van der Waals surface area (Å²) in [4.78, 5) is 0.232. The predicted molar refractivity (Wildman–Crippen MR) is 89.4 cm³/mol. The first kappa shape index (κ1) is 18.0. The van der Waals surface area contributed by atoms with E-state index in [9.17, 15) is 16.8 Å². The summed E-state index contributed by atoms with van der Waals surface area (Å²) in [5.41, 5.74) is 2.30. The summed E-state index contributed by atoms with van der Waals surface area (Å²) >= 11 is 0. The van der Waals surface area contributed by atoms with Crippen LogP contribution in [0.3, 0.4) is 0 Å². The Labute approximate surface area is 146 Å². The van der Waals surface area contributed by atoms with Crippen molar-refractivity contribution in [1.29, 1.82) is 0 Å². The van der Waals surface area contributed by atoms with Crippen LogP contribution in [0, 0.1) is 0 Å². The summed E-state index contributed by atoms with van der Waals surface area (Å²) in [6.45, 7) is 0.0326. The molecule has 1 heterocycles. The Kier molecular flexibility index (Phi) is 4.94. The van der Waals surface area contributed by atoms with Crippen molar-refractivity contribution in [3.63, 3.8) is 0 Å². The Balaban J connectivity index is 1.65. The molecule has 1 aliphatic carbocycles. The Morgan fingerprint density at radius 3 is 2.48 bits per heavy atom. The van der Waals surface area contributed by atoms with Crippen LogP contribution in [0.15, 0.2) is 32.7 Å². The van der Waals surface area contributed by atoms with Crippen molar-refractivity contribution in [3.05, 3.63) is 35.2 Å². The normalized spacial score (nSPS) is 15.1. The van der Waals surface area contributed by atoms with Gasteiger partial charge < -0.3 is 4.42 Å². The Bertz CT molecular complexity index is 980. The molecule has 1 N–H and O–H groups in total. The number of hydrogen-bond donors (Lipinski definition) is 1. The van der Waals surface area contributed by atoms with Crippen LogP contribution in [0.25, 0.3) is 0 Å². The van der Waals surface area contributed by atoms with Crippen LogP contribution in [0.2, 0.25) is 0 Å². The third-order valence-corrected chi connectivity index (χ3v) is 6.28. The number of sulfone groups is 1. The maximum Gasteiger partial charge on any atom is 0.335 e. The quantitative estimate of drug-likeness (QED) is 0.783. The highest BCUT2D eigenvalue weighted by atomic mass is 32.2. The highest BCUT2D eigenvalue weighted by Gasteiger charge is 2.19. The molecule has 0 saturated heterocycles. The van der Waals surface area contributed by atoms with E-state index in [0.29, 0.717) is 0 Å². The third-order valence-electron chi connectivity index (χ3n) is 4.03. The van der Waals surface area contributed by atoms with Crippen molar-refractivity contribution in [1.82, 2.24) is 14.9 Å². The zero-order valence-electron chi connectivity index (χ0n) is 13.7. The third kappa shape index (κ3) is 4.25. The molecule has 1 aromatic heterocycles. The first-order valence-electron chi connectivity index (χ1n) is 7.89. The van der Waals surface area contributed by atoms with E-state index in [1.807, 2.05) is 6.07 Å². The highest BCUT2D eigenvalue weighted by Crippen LogP contribution is 2.24. The van der Waals surface area contributed by atoms with Gasteiger partial charge in [-0.15, -0.1) is 5.10 Å². The lowest BCUT2D eigenvalue weighted by Gasteiger charge is -2.16. The number of rotatable bonds is 6. The van der Waals surface area contributed by atoms with E-state index in [4.69, 9.17) is 4.42 Å². The number of sulfonamides is 1. The summed E-state index contributed by atoms with van der Waals surface area (Å²) in [7, 11) is -7.21. The monoisotopic (exact) mass is 385 g/mol. The number of hydrogen-bond acceptors (Lipinski definition) is 7. The number of fused-ring (bicyclic) bond motifs is 1. The van der Waals surface area contributed by atoms with Gasteiger partial charge in [0.15, 0.2) is 0 Å². The van der Waals surface area contributed by atoms with Gasteiger partial charge in [0.25, 0.3) is 0 Å². The smallest absolute Gasteiger partial charge is 0.335 e. The molecule has 136 valence electrons. The van der Waals surface area contributed by atoms with Crippen LogP contribution >= 0.6 is 0 Å². The van der Waals surface area contributed by atoms with Crippen LogP contribution < -0.4 is 4.72 Å². The summed E-state index contributed by atoms with van der Waals surface area (Å²) in [6.07, 6.45) is 5.16. The number of nitrogens with zero attached hydrogens (tertiary/aromatic N) is 2. The standard InChI is InChI=1S/C15H19N3O5S2/c1-24(19,20)15-18-17-14(23-15)8-9-16-25(21,22)13-7-6-11-4-2-3-5-12(11)10-13/h6-7,10,16H,2-5,8-9H2,1H3. The van der Waals surface area contributed by atoms with Crippen molar-refractivity contribution < 1.29 is 21.3 Å². The number of nitrogens with one attached hydrogen (secondary N) is 1. The highest BCUT2D eigenvalue weighted by molar-refractivity contribution is 7.90. The van der Waals surface area contributed by atoms with Crippen LogP contribution in [-0.4, -0.2) is 39.8 Å². The summed E-state index contributed by atoms with van der Waals surface area (Å²) in [5, 5.41) is 6.56. The summed E-state index contributed by atoms with van der Waals surface area (Å²) in [6, 6.07) is 5.21. The molecule has 0 radical (unpaired) electrons. The zero-order chi connectivity index (χ0) is 18.1. The Hall–Kier alpha value is -1.78. The molecular formula is C15H19N3O5S2. The number of aromatic nitrogens is 2. The molecule has 0 aliphatic heterocycles. The molecule has 0 spiro atoms. The van der Waals surface area contributed by atoms with E-state index in [0.717, 1.165) is 37.5 Å². The SMILES string of the molecule is CS(=O)(=O)c1nnc(CCNS(=O)(=O)c2ccc3c(c2)CCCC3)o1. The van der Waals surface area contributed by atoms with Gasteiger partial charge in [-0.1, -0.05) is 11.2 Å². The van der Waals surface area contributed by atoms with Crippen molar-refractivity contribution in [2.75, 3.05) is 12.8 Å². The van der Waals surface area contributed by atoms with Gasteiger partial charge in [-0.2, -0.15) is 0 Å². The molecule has 0 amide bonds. The van der Waals surface area contributed by atoms with Gasteiger partial charge in [0, 0.05) is 19.2 Å². The number of benzene rings is 1. The fourth-order valence-corrected chi connectivity index (χ4v) is 4.26. The molecule has 0 fully saturated rings. The molecule has 0 bridgehead atoms. The molecule has 3 rings (SSSR count). The van der Waals surface area contributed by atoms with Gasteiger partial charge in [0.1, 0.15) is 0 Å². The second kappa shape index (κ2) is 6.85. The van der Waals surface area contributed by atoms with Gasteiger partial charge in [-0.3, -0.25) is 0 Å². The summed E-state index contributed by atoms with van der Waals surface area (Å²) < 4.78 is 54.8. The maximum atomic E-state index is 12.4. The lowest BCUT2D eigenvalue weighted by atomic mass is 9.92. The second-order valence-electron chi connectivity index (χ2n) is 6.02. The van der Waals surface area contributed by atoms with Gasteiger partial charge in [-0.25, -0.2) is 21.6 Å². The largest absolute Gasteiger partial charge is 0.412 e. The maximum absolute atomic E-state index is 12.4. The van der Waals surface area contributed by atoms with E-state index in [2.05, 4.69) is 14.9 Å². The Morgan fingerprint density at radius 1 is 1.08 bits per heavy atom. The molecular weight excluding hydrogens is 366 g/mol. The van der Waals surface area contributed by atoms with Crippen LogP contribution in [0.5, 0.6) is 0 Å². The average Bonchev–Trinajstić information content (AvgIpc) is 3.03. The lowest BCUT2D eigenvalue weighted by molar-refractivity contribution is 0.397. The van der Waals surface area contributed by atoms with Crippen molar-refractivity contribution in [3.8, 4) is 0 Å². The van der Waals surface area contributed by atoms with Crippen molar-refractivity contribution in [2.24, 2.45) is 0 Å².